The first-order chi connectivity index (χ1) is 8.06. The summed E-state index contributed by atoms with van der Waals surface area (Å²) in [4.78, 5) is 0. The van der Waals surface area contributed by atoms with Crippen molar-refractivity contribution >= 4 is 0 Å². The third kappa shape index (κ3) is 196. The van der Waals surface area contributed by atoms with E-state index in [1.807, 2.05) is 55.4 Å². The zero-order valence-corrected chi connectivity index (χ0v) is 15.9. The maximum Gasteiger partial charge on any atom is -0.0448 e. The average Bonchev–Trinajstić information content (AvgIpc) is 2.40. The zero-order valence-electron chi connectivity index (χ0n) is 15.9. The monoisotopic (exact) mass is 250 g/mol. The predicted molar refractivity (Wildman–Crippen MR) is 91.0 cm³/mol. The van der Waals surface area contributed by atoms with Crippen molar-refractivity contribution in [3.63, 3.8) is 0 Å². The summed E-state index contributed by atoms with van der Waals surface area (Å²) < 4.78 is 0. The lowest BCUT2D eigenvalue weighted by Gasteiger charge is -2.05. The van der Waals surface area contributed by atoms with Gasteiger partial charge in [-0.3, -0.25) is 0 Å². The largest absolute Gasteiger partial charge is 0.0683 e. The summed E-state index contributed by atoms with van der Waals surface area (Å²) >= 11 is 0. The lowest BCUT2D eigenvalue weighted by molar-refractivity contribution is 0.457. The first-order valence-electron chi connectivity index (χ1n) is 8.06. The Morgan fingerprint density at radius 2 is 0.529 bits per heavy atom. The molecule has 0 aliphatic carbocycles. The van der Waals surface area contributed by atoms with E-state index in [9.17, 15) is 0 Å². The van der Waals surface area contributed by atoms with Crippen molar-refractivity contribution in [3.05, 3.63) is 0 Å². The van der Waals surface area contributed by atoms with Gasteiger partial charge in [0.1, 0.15) is 0 Å². The molecule has 0 aromatic carbocycles. The third-order valence-electron chi connectivity index (χ3n) is 1.33. The molecule has 0 rings (SSSR count). The smallest absolute Gasteiger partial charge is 0.0448 e. The second-order valence-electron chi connectivity index (χ2n) is 3.20. The normalized spacial score (nSPS) is 6.35. The minimum absolute atomic E-state index is 0.852. The molecule has 0 N–H and O–H groups in total. The molecule has 0 heterocycles. The van der Waals surface area contributed by atoms with Crippen LogP contribution in [0, 0.1) is 11.8 Å². The SMILES string of the molecule is CC.CC.CC.CC.CC(C)C(C)C.CCC. The summed E-state index contributed by atoms with van der Waals surface area (Å²) in [6.07, 6.45) is 1.25. The maximum atomic E-state index is 2.24. The molecule has 0 aromatic rings. The highest BCUT2D eigenvalue weighted by molar-refractivity contribution is 4.46. The Bertz CT molecular complexity index is 29.3. The van der Waals surface area contributed by atoms with Gasteiger partial charge in [0.05, 0.1) is 0 Å². The highest BCUT2D eigenvalue weighted by atomic mass is 14.0. The van der Waals surface area contributed by atoms with Crippen molar-refractivity contribution in [2.24, 2.45) is 11.8 Å². The van der Waals surface area contributed by atoms with E-state index in [-0.39, 0.29) is 0 Å². The van der Waals surface area contributed by atoms with Gasteiger partial charge in [-0.1, -0.05) is 103 Å². The summed E-state index contributed by atoms with van der Waals surface area (Å²) in [6, 6.07) is 0. The molecule has 0 bridgehead atoms. The van der Waals surface area contributed by atoms with Crippen LogP contribution in [0.3, 0.4) is 0 Å². The van der Waals surface area contributed by atoms with E-state index < -0.39 is 0 Å². The molecular weight excluding hydrogens is 204 g/mol. The molecule has 0 aliphatic heterocycles. The van der Waals surface area contributed by atoms with Gasteiger partial charge in [-0.2, -0.15) is 0 Å². The first kappa shape index (κ1) is 36.0. The van der Waals surface area contributed by atoms with E-state index in [4.69, 9.17) is 0 Å². The fourth-order valence-corrected chi connectivity index (χ4v) is 0. The van der Waals surface area contributed by atoms with E-state index in [1.54, 1.807) is 0 Å². The highest BCUT2D eigenvalue weighted by Crippen LogP contribution is 2.05. The third-order valence-corrected chi connectivity index (χ3v) is 1.33. The fraction of sp³-hybridized carbons (Fsp3) is 1.00. The van der Waals surface area contributed by atoms with Crippen LogP contribution in [0.25, 0.3) is 0 Å². The van der Waals surface area contributed by atoms with Crippen molar-refractivity contribution in [3.8, 4) is 0 Å². The molecule has 0 unspecified atom stereocenters. The second kappa shape index (κ2) is 73.5. The Hall–Kier alpha value is 0. The molecule has 0 spiro atoms. The van der Waals surface area contributed by atoms with Crippen LogP contribution >= 0.6 is 0 Å². The minimum Gasteiger partial charge on any atom is -0.0683 e. The highest BCUT2D eigenvalue weighted by Gasteiger charge is 1.95. The fourth-order valence-electron chi connectivity index (χ4n) is 0. The number of hydrogen-bond acceptors (Lipinski definition) is 0. The van der Waals surface area contributed by atoms with Crippen LogP contribution in [-0.4, -0.2) is 0 Å². The Labute approximate surface area is 116 Å². The van der Waals surface area contributed by atoms with Gasteiger partial charge in [-0.15, -0.1) is 0 Å². The Kier molecular flexibility index (Phi) is 155. The van der Waals surface area contributed by atoms with Crippen LogP contribution in [0.4, 0.5) is 0 Å². The lowest BCUT2D eigenvalue weighted by atomic mass is 10.0. The van der Waals surface area contributed by atoms with E-state index in [0.717, 1.165) is 11.8 Å². The van der Waals surface area contributed by atoms with Gasteiger partial charge in [0.25, 0.3) is 0 Å². The summed E-state index contributed by atoms with van der Waals surface area (Å²) in [6.45, 7) is 29.2. The zero-order chi connectivity index (χ0) is 15.9. The van der Waals surface area contributed by atoms with Crippen molar-refractivity contribution in [2.75, 3.05) is 0 Å². The molecule has 17 heavy (non-hydrogen) atoms. The molecule has 0 aromatic heterocycles. The average molecular weight is 251 g/mol. The standard InChI is InChI=1S/C6H14.C3H8.4C2H6/c1-5(2)6(3)4;1-3-2;4*1-2/h5-6H,1-4H3;3H2,1-2H3;4*1-2H3. The summed E-state index contributed by atoms with van der Waals surface area (Å²) in [5, 5.41) is 0. The van der Waals surface area contributed by atoms with Crippen molar-refractivity contribution in [1.29, 1.82) is 0 Å². The molecule has 0 radical (unpaired) electrons. The first-order valence-corrected chi connectivity index (χ1v) is 8.06. The molecule has 114 valence electrons. The van der Waals surface area contributed by atoms with Gasteiger partial charge in [0, 0.05) is 0 Å². The van der Waals surface area contributed by atoms with Gasteiger partial charge >= 0.3 is 0 Å². The van der Waals surface area contributed by atoms with Crippen LogP contribution in [-0.2, 0) is 0 Å². The molecule has 0 saturated carbocycles. The van der Waals surface area contributed by atoms with Gasteiger partial charge in [-0.05, 0) is 11.8 Å². The summed E-state index contributed by atoms with van der Waals surface area (Å²) in [5.41, 5.74) is 0. The lowest BCUT2D eigenvalue weighted by Crippen LogP contribution is -1.95. The van der Waals surface area contributed by atoms with E-state index in [1.165, 1.54) is 6.42 Å². The molecule has 0 heteroatoms. The van der Waals surface area contributed by atoms with Gasteiger partial charge in [0.15, 0.2) is 0 Å². The molecule has 0 aliphatic rings. The topological polar surface area (TPSA) is 0 Å². The van der Waals surface area contributed by atoms with E-state index in [0.29, 0.717) is 0 Å². The van der Waals surface area contributed by atoms with Crippen molar-refractivity contribution in [2.45, 2.75) is 103 Å². The Balaban J connectivity index is -0.0000000238. The van der Waals surface area contributed by atoms with Crippen LogP contribution in [0.1, 0.15) is 103 Å². The van der Waals surface area contributed by atoms with E-state index in [2.05, 4.69) is 41.5 Å². The van der Waals surface area contributed by atoms with Crippen LogP contribution in [0.5, 0.6) is 0 Å². The molecule has 0 saturated heterocycles. The minimum atomic E-state index is 0.852. The summed E-state index contributed by atoms with van der Waals surface area (Å²) in [5.74, 6) is 1.70. The Morgan fingerprint density at radius 1 is 0.471 bits per heavy atom. The van der Waals surface area contributed by atoms with Gasteiger partial charge < -0.3 is 0 Å². The van der Waals surface area contributed by atoms with Crippen molar-refractivity contribution < 1.29 is 0 Å². The quantitative estimate of drug-likeness (QED) is 0.445. The number of rotatable bonds is 1. The molecule has 0 amide bonds. The second-order valence-corrected chi connectivity index (χ2v) is 3.20. The Morgan fingerprint density at radius 3 is 0.529 bits per heavy atom. The number of hydrogen-bond donors (Lipinski definition) is 0. The van der Waals surface area contributed by atoms with Gasteiger partial charge in [-0.25, -0.2) is 0 Å². The molecule has 0 atom stereocenters. The molecular formula is C17H46. The maximum absolute atomic E-state index is 2.24. The molecule has 0 nitrogen and oxygen atoms in total. The molecule has 0 fully saturated rings. The van der Waals surface area contributed by atoms with Crippen molar-refractivity contribution in [1.82, 2.24) is 0 Å². The summed E-state index contributed by atoms with van der Waals surface area (Å²) in [7, 11) is 0. The predicted octanol–water partition coefficient (Wildman–Crippen LogP) is 7.82. The van der Waals surface area contributed by atoms with Gasteiger partial charge in [0.2, 0.25) is 0 Å². The van der Waals surface area contributed by atoms with Crippen LogP contribution in [0.15, 0.2) is 0 Å². The van der Waals surface area contributed by atoms with E-state index >= 15 is 0 Å². The van der Waals surface area contributed by atoms with Crippen LogP contribution in [0.2, 0.25) is 0 Å². The van der Waals surface area contributed by atoms with Crippen LogP contribution < -0.4 is 0 Å².